The Morgan fingerprint density at radius 1 is 1.41 bits per heavy atom. The Bertz CT molecular complexity index is 548. The molecular weight excluding hydrogens is 457 g/mol. The van der Waals surface area contributed by atoms with Gasteiger partial charge in [0.1, 0.15) is 0 Å². The van der Waals surface area contributed by atoms with E-state index >= 15 is 0 Å². The van der Waals surface area contributed by atoms with Gasteiger partial charge in [-0.05, 0) is 25.2 Å². The molecule has 3 heterocycles. The maximum atomic E-state index is 5.77. The number of nitrogens with zero attached hydrogens (tertiary/aromatic N) is 4. The van der Waals surface area contributed by atoms with Crippen LogP contribution in [0, 0.1) is 11.8 Å². The molecule has 2 saturated heterocycles. The summed E-state index contributed by atoms with van der Waals surface area (Å²) in [5.41, 5.74) is 0. The van der Waals surface area contributed by atoms with Gasteiger partial charge in [-0.25, -0.2) is 4.98 Å². The second-order valence-corrected chi connectivity index (χ2v) is 7.42. The smallest absolute Gasteiger partial charge is 0.193 e. The number of hydrogen-bond donors (Lipinski definition) is 1. The summed E-state index contributed by atoms with van der Waals surface area (Å²) in [6.07, 6.45) is 9.13. The van der Waals surface area contributed by atoms with Crippen LogP contribution in [0.3, 0.4) is 0 Å². The van der Waals surface area contributed by atoms with Crippen LogP contribution in [0.1, 0.15) is 32.2 Å². The van der Waals surface area contributed by atoms with Gasteiger partial charge in [0.05, 0.1) is 25.6 Å². The third-order valence-corrected chi connectivity index (χ3v) is 5.46. The number of hydrogen-bond acceptors (Lipinski definition) is 4. The first-order valence-corrected chi connectivity index (χ1v) is 9.86. The number of halogens is 1. The number of likely N-dealkylation sites (tertiary alicyclic amines) is 1. The van der Waals surface area contributed by atoms with Crippen molar-refractivity contribution in [2.24, 2.45) is 16.8 Å². The molecule has 7 nitrogen and oxygen atoms in total. The molecule has 3 rings (SSSR count). The largest absolute Gasteiger partial charge is 0.381 e. The zero-order chi connectivity index (χ0) is 18.2. The summed E-state index contributed by atoms with van der Waals surface area (Å²) in [5.74, 6) is 2.23. The number of aromatic nitrogens is 2. The lowest BCUT2D eigenvalue weighted by Gasteiger charge is -2.39. The molecule has 0 radical (unpaired) electrons. The van der Waals surface area contributed by atoms with Crippen molar-refractivity contribution < 1.29 is 9.47 Å². The molecule has 2 aliphatic heterocycles. The molecule has 1 aromatic rings. The predicted octanol–water partition coefficient (Wildman–Crippen LogP) is 2.40. The van der Waals surface area contributed by atoms with Crippen molar-refractivity contribution in [2.45, 2.75) is 32.2 Å². The van der Waals surface area contributed by atoms with Crippen LogP contribution in [0.5, 0.6) is 0 Å². The third kappa shape index (κ3) is 6.60. The van der Waals surface area contributed by atoms with Gasteiger partial charge in [-0.3, -0.25) is 4.99 Å². The zero-order valence-electron chi connectivity index (χ0n) is 16.5. The lowest BCUT2D eigenvalue weighted by atomic mass is 9.93. The molecule has 0 aliphatic carbocycles. The second kappa shape index (κ2) is 11.9. The van der Waals surface area contributed by atoms with Gasteiger partial charge in [-0.1, -0.05) is 6.92 Å². The van der Waals surface area contributed by atoms with E-state index in [1.165, 1.54) is 0 Å². The minimum atomic E-state index is 0. The normalized spacial score (nSPS) is 26.1. The maximum Gasteiger partial charge on any atom is 0.193 e. The lowest BCUT2D eigenvalue weighted by molar-refractivity contribution is 0.0886. The molecule has 1 N–H and O–H groups in total. The van der Waals surface area contributed by atoms with Gasteiger partial charge >= 0.3 is 0 Å². The Hall–Kier alpha value is -0.870. The lowest BCUT2D eigenvalue weighted by Crippen LogP contribution is -2.49. The monoisotopic (exact) mass is 491 g/mol. The van der Waals surface area contributed by atoms with Crippen molar-refractivity contribution in [3.05, 3.63) is 18.7 Å². The Morgan fingerprint density at radius 2 is 2.30 bits per heavy atom. The molecular formula is C19H34IN5O2. The molecule has 0 saturated carbocycles. The number of nitrogens with one attached hydrogen (secondary N) is 1. The molecule has 2 fully saturated rings. The average Bonchev–Trinajstić information content (AvgIpc) is 3.36. The van der Waals surface area contributed by atoms with Crippen molar-refractivity contribution in [3.8, 4) is 0 Å². The van der Waals surface area contributed by atoms with Crippen molar-refractivity contribution in [1.29, 1.82) is 0 Å². The fourth-order valence-corrected chi connectivity index (χ4v) is 3.77. The zero-order valence-corrected chi connectivity index (χ0v) is 18.9. The van der Waals surface area contributed by atoms with Crippen LogP contribution >= 0.6 is 24.0 Å². The standard InChI is InChI=1S/C19H33N5O2.HI/c1-16-4-8-23(12-18(16)24-9-7-21-15-24)19(20-2)22-6-3-10-25-13-17-5-11-26-14-17;/h7,9,15-18H,3-6,8,10-14H2,1-2H3,(H,20,22);1H. The van der Waals surface area contributed by atoms with Gasteiger partial charge in [0.15, 0.2) is 5.96 Å². The summed E-state index contributed by atoms with van der Waals surface area (Å²) < 4.78 is 13.4. The molecule has 0 spiro atoms. The molecule has 27 heavy (non-hydrogen) atoms. The van der Waals surface area contributed by atoms with E-state index in [4.69, 9.17) is 9.47 Å². The van der Waals surface area contributed by atoms with Crippen LogP contribution in [0.2, 0.25) is 0 Å². The molecule has 0 amide bonds. The molecule has 0 aromatic carbocycles. The molecule has 3 atom stereocenters. The third-order valence-electron chi connectivity index (χ3n) is 5.46. The first-order valence-electron chi connectivity index (χ1n) is 9.86. The highest BCUT2D eigenvalue weighted by molar-refractivity contribution is 14.0. The van der Waals surface area contributed by atoms with Crippen LogP contribution in [0.15, 0.2) is 23.7 Å². The van der Waals surface area contributed by atoms with E-state index in [0.717, 1.165) is 71.3 Å². The van der Waals surface area contributed by atoms with Crippen LogP contribution < -0.4 is 5.32 Å². The number of rotatable bonds is 7. The van der Waals surface area contributed by atoms with E-state index in [1.54, 1.807) is 0 Å². The summed E-state index contributed by atoms with van der Waals surface area (Å²) in [4.78, 5) is 11.1. The van der Waals surface area contributed by atoms with Crippen molar-refractivity contribution in [3.63, 3.8) is 0 Å². The summed E-state index contributed by atoms with van der Waals surface area (Å²) in [7, 11) is 1.86. The maximum absolute atomic E-state index is 5.77. The van der Waals surface area contributed by atoms with Crippen LogP contribution in [0.25, 0.3) is 0 Å². The highest BCUT2D eigenvalue weighted by Crippen LogP contribution is 2.27. The molecule has 2 aliphatic rings. The Labute approximate surface area is 179 Å². The summed E-state index contributed by atoms with van der Waals surface area (Å²) >= 11 is 0. The molecule has 1 aromatic heterocycles. The number of piperidine rings is 1. The molecule has 3 unspecified atom stereocenters. The fourth-order valence-electron chi connectivity index (χ4n) is 3.77. The average molecular weight is 491 g/mol. The molecule has 154 valence electrons. The van der Waals surface area contributed by atoms with Gasteiger partial charge in [0.2, 0.25) is 0 Å². The van der Waals surface area contributed by atoms with Crippen LogP contribution in [0.4, 0.5) is 0 Å². The Kier molecular flexibility index (Phi) is 9.84. The first kappa shape index (κ1) is 22.4. The van der Waals surface area contributed by atoms with E-state index < -0.39 is 0 Å². The molecule has 0 bridgehead atoms. The van der Waals surface area contributed by atoms with Crippen LogP contribution in [-0.2, 0) is 9.47 Å². The van der Waals surface area contributed by atoms with Gasteiger partial charge < -0.3 is 24.3 Å². The number of aliphatic imine (C=N–C) groups is 1. The van der Waals surface area contributed by atoms with Gasteiger partial charge in [0.25, 0.3) is 0 Å². The molecule has 8 heteroatoms. The number of imidazole rings is 1. The summed E-state index contributed by atoms with van der Waals surface area (Å²) in [6, 6.07) is 0.446. The topological polar surface area (TPSA) is 63.9 Å². The predicted molar refractivity (Wildman–Crippen MR) is 118 cm³/mol. The van der Waals surface area contributed by atoms with E-state index in [-0.39, 0.29) is 24.0 Å². The Morgan fingerprint density at radius 3 is 3.00 bits per heavy atom. The number of guanidine groups is 1. The minimum Gasteiger partial charge on any atom is -0.381 e. The summed E-state index contributed by atoms with van der Waals surface area (Å²) in [6.45, 7) is 8.58. The van der Waals surface area contributed by atoms with Crippen molar-refractivity contribution in [1.82, 2.24) is 19.8 Å². The van der Waals surface area contributed by atoms with Gasteiger partial charge in [-0.15, -0.1) is 24.0 Å². The second-order valence-electron chi connectivity index (χ2n) is 7.42. The first-order chi connectivity index (χ1) is 12.8. The van der Waals surface area contributed by atoms with Gasteiger partial charge in [-0.2, -0.15) is 0 Å². The summed E-state index contributed by atoms with van der Waals surface area (Å²) in [5, 5.41) is 3.49. The van der Waals surface area contributed by atoms with E-state index in [1.807, 2.05) is 19.6 Å². The van der Waals surface area contributed by atoms with E-state index in [9.17, 15) is 0 Å². The van der Waals surface area contributed by atoms with E-state index in [0.29, 0.717) is 17.9 Å². The quantitative estimate of drug-likeness (QED) is 0.275. The van der Waals surface area contributed by atoms with E-state index in [2.05, 4.69) is 37.9 Å². The SMILES string of the molecule is CN=C(NCCCOCC1CCOC1)N1CCC(C)C(n2ccnc2)C1.I. The fraction of sp³-hybridized carbons (Fsp3) is 0.789. The minimum absolute atomic E-state index is 0. The highest BCUT2D eigenvalue weighted by Gasteiger charge is 2.28. The van der Waals surface area contributed by atoms with Crippen LogP contribution in [-0.4, -0.2) is 73.5 Å². The van der Waals surface area contributed by atoms with Crippen molar-refractivity contribution >= 4 is 29.9 Å². The number of ether oxygens (including phenoxy) is 2. The van der Waals surface area contributed by atoms with Crippen molar-refractivity contribution in [2.75, 3.05) is 53.1 Å². The highest BCUT2D eigenvalue weighted by atomic mass is 127. The Balaban J connectivity index is 0.00000261. The van der Waals surface area contributed by atoms with Gasteiger partial charge in [0, 0.05) is 58.2 Å².